The Morgan fingerprint density at radius 1 is 1.24 bits per heavy atom. The number of halogens is 1. The number of piperazine rings is 1. The van der Waals surface area contributed by atoms with E-state index in [-0.39, 0.29) is 11.7 Å². The topological polar surface area (TPSA) is 60.5 Å². The molecule has 3 rings (SSSR count). The quantitative estimate of drug-likeness (QED) is 0.861. The maximum atomic E-state index is 14.0. The van der Waals surface area contributed by atoms with Crippen molar-refractivity contribution in [1.29, 1.82) is 5.26 Å². The van der Waals surface area contributed by atoms with Crippen LogP contribution in [0.2, 0.25) is 0 Å². The highest BCUT2D eigenvalue weighted by Gasteiger charge is 2.25. The van der Waals surface area contributed by atoms with Crippen LogP contribution in [0.1, 0.15) is 33.0 Å². The van der Waals surface area contributed by atoms with Gasteiger partial charge in [-0.3, -0.25) is 9.69 Å². The van der Waals surface area contributed by atoms with E-state index in [2.05, 4.69) is 4.90 Å². The highest BCUT2D eigenvalue weighted by molar-refractivity contribution is 5.95. The van der Waals surface area contributed by atoms with E-state index in [1.54, 1.807) is 25.1 Å². The molecule has 1 aromatic heterocycles. The number of carbonyl (C=O) groups is 1. The SMILES string of the molecule is Cc1cc(C(=O)N2CCN(Cc3ccc(C#N)cc3F)CC2)c(C)o1. The molecular formula is C19H20FN3O2. The van der Waals surface area contributed by atoms with Crippen molar-refractivity contribution in [1.82, 2.24) is 9.80 Å². The van der Waals surface area contributed by atoms with Crippen molar-refractivity contribution in [3.8, 4) is 6.07 Å². The molecule has 1 fully saturated rings. The van der Waals surface area contributed by atoms with Crippen LogP contribution in [-0.2, 0) is 6.54 Å². The van der Waals surface area contributed by atoms with E-state index >= 15 is 0 Å². The molecule has 0 unspecified atom stereocenters. The van der Waals surface area contributed by atoms with E-state index in [9.17, 15) is 9.18 Å². The monoisotopic (exact) mass is 341 g/mol. The summed E-state index contributed by atoms with van der Waals surface area (Å²) in [5.74, 6) is 1.00. The molecule has 130 valence electrons. The van der Waals surface area contributed by atoms with Crippen LogP contribution >= 0.6 is 0 Å². The van der Waals surface area contributed by atoms with Gasteiger partial charge >= 0.3 is 0 Å². The summed E-state index contributed by atoms with van der Waals surface area (Å²) in [6, 6.07) is 8.25. The Morgan fingerprint density at radius 2 is 1.96 bits per heavy atom. The molecule has 0 atom stereocenters. The lowest BCUT2D eigenvalue weighted by Crippen LogP contribution is -2.48. The van der Waals surface area contributed by atoms with Crippen LogP contribution in [0.4, 0.5) is 4.39 Å². The minimum Gasteiger partial charge on any atom is -0.466 e. The van der Waals surface area contributed by atoms with E-state index in [4.69, 9.17) is 9.68 Å². The van der Waals surface area contributed by atoms with Crippen LogP contribution in [0.5, 0.6) is 0 Å². The number of benzene rings is 1. The van der Waals surface area contributed by atoms with Gasteiger partial charge in [-0.1, -0.05) is 6.07 Å². The van der Waals surface area contributed by atoms with Gasteiger partial charge in [0.05, 0.1) is 17.2 Å². The van der Waals surface area contributed by atoms with E-state index in [1.807, 2.05) is 17.9 Å². The van der Waals surface area contributed by atoms with Crippen molar-refractivity contribution in [2.24, 2.45) is 0 Å². The second kappa shape index (κ2) is 7.08. The van der Waals surface area contributed by atoms with Gasteiger partial charge in [0.15, 0.2) is 0 Å². The molecular weight excluding hydrogens is 321 g/mol. The number of hydrogen-bond acceptors (Lipinski definition) is 4. The Kier molecular flexibility index (Phi) is 4.86. The van der Waals surface area contributed by atoms with Crippen molar-refractivity contribution in [2.45, 2.75) is 20.4 Å². The highest BCUT2D eigenvalue weighted by atomic mass is 19.1. The maximum absolute atomic E-state index is 14.0. The lowest BCUT2D eigenvalue weighted by molar-refractivity contribution is 0.0625. The zero-order valence-electron chi connectivity index (χ0n) is 14.4. The van der Waals surface area contributed by atoms with Crippen LogP contribution in [0.25, 0.3) is 0 Å². The second-order valence-electron chi connectivity index (χ2n) is 6.31. The molecule has 5 nitrogen and oxygen atoms in total. The summed E-state index contributed by atoms with van der Waals surface area (Å²) in [6.45, 7) is 6.66. The molecule has 0 radical (unpaired) electrons. The molecule has 1 aliphatic heterocycles. The zero-order chi connectivity index (χ0) is 18.0. The van der Waals surface area contributed by atoms with E-state index in [1.165, 1.54) is 6.07 Å². The molecule has 1 aromatic carbocycles. The van der Waals surface area contributed by atoms with Gasteiger partial charge < -0.3 is 9.32 Å². The summed E-state index contributed by atoms with van der Waals surface area (Å²) >= 11 is 0. The van der Waals surface area contributed by atoms with Crippen molar-refractivity contribution in [3.05, 3.63) is 58.3 Å². The third-order valence-electron chi connectivity index (χ3n) is 4.51. The summed E-state index contributed by atoms with van der Waals surface area (Å²) in [5, 5.41) is 8.80. The number of amides is 1. The fraction of sp³-hybridized carbons (Fsp3) is 0.368. The van der Waals surface area contributed by atoms with E-state index in [0.717, 1.165) is 5.76 Å². The predicted molar refractivity (Wildman–Crippen MR) is 90.5 cm³/mol. The van der Waals surface area contributed by atoms with E-state index in [0.29, 0.717) is 55.2 Å². The van der Waals surface area contributed by atoms with Gasteiger partial charge in [0.2, 0.25) is 0 Å². The van der Waals surface area contributed by atoms with Crippen LogP contribution in [-0.4, -0.2) is 41.9 Å². The Bertz CT molecular complexity index is 830. The Labute approximate surface area is 146 Å². The molecule has 0 saturated carbocycles. The van der Waals surface area contributed by atoms with Gasteiger partial charge in [0, 0.05) is 38.3 Å². The Balaban J connectivity index is 1.60. The van der Waals surface area contributed by atoms with Crippen molar-refractivity contribution in [2.75, 3.05) is 26.2 Å². The van der Waals surface area contributed by atoms with Crippen LogP contribution in [0, 0.1) is 31.0 Å². The predicted octanol–water partition coefficient (Wildman–Crippen LogP) is 2.87. The van der Waals surface area contributed by atoms with Crippen molar-refractivity contribution in [3.63, 3.8) is 0 Å². The third kappa shape index (κ3) is 3.72. The molecule has 1 saturated heterocycles. The standard InChI is InChI=1S/C19H20FN3O2/c1-13-9-17(14(2)25-13)19(24)23-7-5-22(6-8-23)12-16-4-3-15(11-21)10-18(16)20/h3-4,9-10H,5-8,12H2,1-2H3. The van der Waals surface area contributed by atoms with Crippen LogP contribution < -0.4 is 0 Å². The van der Waals surface area contributed by atoms with Crippen molar-refractivity contribution >= 4 is 5.91 Å². The van der Waals surface area contributed by atoms with Gasteiger partial charge in [-0.05, 0) is 32.0 Å². The minimum absolute atomic E-state index is 0.0152. The number of hydrogen-bond donors (Lipinski definition) is 0. The highest BCUT2D eigenvalue weighted by Crippen LogP contribution is 2.18. The zero-order valence-corrected chi connectivity index (χ0v) is 14.4. The van der Waals surface area contributed by atoms with Gasteiger partial charge in [0.1, 0.15) is 17.3 Å². The average Bonchev–Trinajstić information content (AvgIpc) is 2.95. The number of aryl methyl sites for hydroxylation is 2. The summed E-state index contributed by atoms with van der Waals surface area (Å²) in [5.41, 5.74) is 1.51. The molecule has 1 amide bonds. The molecule has 0 bridgehead atoms. The molecule has 2 aromatic rings. The first-order chi connectivity index (χ1) is 12.0. The van der Waals surface area contributed by atoms with Crippen molar-refractivity contribution < 1.29 is 13.6 Å². The molecule has 0 N–H and O–H groups in total. The Hall–Kier alpha value is -2.65. The second-order valence-corrected chi connectivity index (χ2v) is 6.31. The Morgan fingerprint density at radius 3 is 2.52 bits per heavy atom. The van der Waals surface area contributed by atoms with E-state index < -0.39 is 0 Å². The molecule has 6 heteroatoms. The molecule has 25 heavy (non-hydrogen) atoms. The van der Waals surface area contributed by atoms with Gasteiger partial charge in [0.25, 0.3) is 5.91 Å². The molecule has 0 spiro atoms. The minimum atomic E-state index is -0.359. The molecule has 2 heterocycles. The first-order valence-electron chi connectivity index (χ1n) is 8.25. The number of rotatable bonds is 3. The summed E-state index contributed by atoms with van der Waals surface area (Å²) in [7, 11) is 0. The summed E-state index contributed by atoms with van der Waals surface area (Å²) in [4.78, 5) is 16.5. The van der Waals surface area contributed by atoms with Gasteiger partial charge in [-0.15, -0.1) is 0 Å². The first kappa shape index (κ1) is 17.2. The largest absolute Gasteiger partial charge is 0.466 e. The molecule has 1 aliphatic rings. The number of furan rings is 1. The lowest BCUT2D eigenvalue weighted by Gasteiger charge is -2.34. The summed E-state index contributed by atoms with van der Waals surface area (Å²) in [6.07, 6.45) is 0. The number of nitriles is 1. The maximum Gasteiger partial charge on any atom is 0.257 e. The first-order valence-corrected chi connectivity index (χ1v) is 8.25. The third-order valence-corrected chi connectivity index (χ3v) is 4.51. The smallest absolute Gasteiger partial charge is 0.257 e. The fourth-order valence-electron chi connectivity index (χ4n) is 3.11. The summed E-state index contributed by atoms with van der Waals surface area (Å²) < 4.78 is 19.4. The molecule has 0 aliphatic carbocycles. The number of nitrogens with zero attached hydrogens (tertiary/aromatic N) is 3. The van der Waals surface area contributed by atoms with Gasteiger partial charge in [-0.2, -0.15) is 5.26 Å². The fourth-order valence-corrected chi connectivity index (χ4v) is 3.11. The normalized spacial score (nSPS) is 15.2. The van der Waals surface area contributed by atoms with Gasteiger partial charge in [-0.25, -0.2) is 4.39 Å². The van der Waals surface area contributed by atoms with Crippen LogP contribution in [0.15, 0.2) is 28.7 Å². The lowest BCUT2D eigenvalue weighted by atomic mass is 10.1. The van der Waals surface area contributed by atoms with Crippen LogP contribution in [0.3, 0.4) is 0 Å². The number of carbonyl (C=O) groups excluding carboxylic acids is 1. The average molecular weight is 341 g/mol.